The smallest absolute Gasteiger partial charge is 0.264 e. The van der Waals surface area contributed by atoms with Gasteiger partial charge >= 0.3 is 0 Å². The second-order valence-corrected chi connectivity index (χ2v) is 11.7. The summed E-state index contributed by atoms with van der Waals surface area (Å²) in [6.07, 6.45) is 0.337. The summed E-state index contributed by atoms with van der Waals surface area (Å²) in [5, 5.41) is 2.91. The van der Waals surface area contributed by atoms with Gasteiger partial charge in [-0.3, -0.25) is 13.9 Å². The second kappa shape index (κ2) is 13.4. The maximum atomic E-state index is 14.0. The minimum atomic E-state index is -4.19. The number of sulfonamides is 1. The van der Waals surface area contributed by atoms with E-state index in [4.69, 9.17) is 0 Å². The number of carbonyl (C=O) groups excluding carboxylic acids is 2. The van der Waals surface area contributed by atoms with E-state index in [-0.39, 0.29) is 29.0 Å². The Bertz CT molecular complexity index is 1360. The van der Waals surface area contributed by atoms with E-state index in [1.807, 2.05) is 52.0 Å². The highest BCUT2D eigenvalue weighted by Crippen LogP contribution is 2.25. The summed E-state index contributed by atoms with van der Waals surface area (Å²) in [5.41, 5.74) is 1.93. The molecule has 9 heteroatoms. The number of carbonyl (C=O) groups is 2. The Hall–Kier alpha value is -3.72. The normalized spacial score (nSPS) is 12.2. The molecule has 2 amide bonds. The Balaban J connectivity index is 2.04. The number of amides is 2. The van der Waals surface area contributed by atoms with Gasteiger partial charge in [-0.25, -0.2) is 12.8 Å². The van der Waals surface area contributed by atoms with Gasteiger partial charge in [0.2, 0.25) is 11.8 Å². The number of hydrogen-bond acceptors (Lipinski definition) is 4. The average Bonchev–Trinajstić information content (AvgIpc) is 2.92. The average molecular weight is 554 g/mol. The van der Waals surface area contributed by atoms with Crippen molar-refractivity contribution in [2.24, 2.45) is 5.92 Å². The number of benzene rings is 3. The van der Waals surface area contributed by atoms with E-state index in [1.165, 1.54) is 29.2 Å². The van der Waals surface area contributed by atoms with Crippen LogP contribution >= 0.6 is 0 Å². The monoisotopic (exact) mass is 553 g/mol. The molecule has 0 spiro atoms. The summed E-state index contributed by atoms with van der Waals surface area (Å²) in [6, 6.07) is 19.4. The van der Waals surface area contributed by atoms with Crippen LogP contribution in [0.3, 0.4) is 0 Å². The van der Waals surface area contributed by atoms with E-state index < -0.39 is 34.3 Å². The Morgan fingerprint density at radius 2 is 1.54 bits per heavy atom. The quantitative estimate of drug-likeness (QED) is 0.345. The Morgan fingerprint density at radius 3 is 2.13 bits per heavy atom. The maximum Gasteiger partial charge on any atom is 0.264 e. The number of rotatable bonds is 12. The van der Waals surface area contributed by atoms with E-state index in [0.717, 1.165) is 27.6 Å². The van der Waals surface area contributed by atoms with Gasteiger partial charge in [-0.15, -0.1) is 0 Å². The molecule has 0 saturated carbocycles. The molecule has 0 aliphatic heterocycles. The van der Waals surface area contributed by atoms with E-state index in [2.05, 4.69) is 5.32 Å². The summed E-state index contributed by atoms with van der Waals surface area (Å²) < 4.78 is 42.1. The highest BCUT2D eigenvalue weighted by atomic mass is 32.2. The highest BCUT2D eigenvalue weighted by Gasteiger charge is 2.33. The SMILES string of the molecule is CCC(C(=O)NCC(C)C)N(Cc1ccccc1C)C(=O)CN(c1ccc(F)cc1)S(=O)(=O)c1ccccc1. The molecule has 208 valence electrons. The zero-order chi connectivity index (χ0) is 28.6. The van der Waals surface area contributed by atoms with Gasteiger partial charge < -0.3 is 10.2 Å². The number of nitrogens with one attached hydrogen (secondary N) is 1. The lowest BCUT2D eigenvalue weighted by Crippen LogP contribution is -2.52. The topological polar surface area (TPSA) is 86.8 Å². The van der Waals surface area contributed by atoms with Gasteiger partial charge in [0.15, 0.2) is 0 Å². The van der Waals surface area contributed by atoms with Crippen molar-refractivity contribution in [2.75, 3.05) is 17.4 Å². The molecule has 1 atom stereocenters. The van der Waals surface area contributed by atoms with E-state index in [0.29, 0.717) is 13.0 Å². The van der Waals surface area contributed by atoms with Crippen LogP contribution in [-0.2, 0) is 26.2 Å². The molecular weight excluding hydrogens is 517 g/mol. The zero-order valence-corrected chi connectivity index (χ0v) is 23.6. The summed E-state index contributed by atoms with van der Waals surface area (Å²) in [4.78, 5) is 28.7. The summed E-state index contributed by atoms with van der Waals surface area (Å²) in [6.45, 7) is 7.70. The van der Waals surface area contributed by atoms with Crippen LogP contribution in [0, 0.1) is 18.7 Å². The summed E-state index contributed by atoms with van der Waals surface area (Å²) >= 11 is 0. The standard InChI is InChI=1S/C30H36FN3O4S/c1-5-28(30(36)32-19-22(2)3)33(20-24-12-10-9-11-23(24)4)29(35)21-34(26-17-15-25(31)16-18-26)39(37,38)27-13-7-6-8-14-27/h6-18,22,28H,5,19-21H2,1-4H3,(H,32,36). The lowest BCUT2D eigenvalue weighted by atomic mass is 10.1. The molecule has 0 aliphatic carbocycles. The number of halogens is 1. The molecule has 1 N–H and O–H groups in total. The van der Waals surface area contributed by atoms with Crippen LogP contribution in [0.2, 0.25) is 0 Å². The molecule has 3 aromatic carbocycles. The van der Waals surface area contributed by atoms with Gasteiger partial charge in [-0.05, 0) is 66.8 Å². The van der Waals surface area contributed by atoms with Crippen molar-refractivity contribution in [1.29, 1.82) is 0 Å². The molecule has 0 radical (unpaired) electrons. The first-order valence-electron chi connectivity index (χ1n) is 13.0. The molecule has 1 unspecified atom stereocenters. The number of anilines is 1. The Kier molecular flexibility index (Phi) is 10.2. The van der Waals surface area contributed by atoms with Crippen molar-refractivity contribution in [3.8, 4) is 0 Å². The molecule has 0 heterocycles. The summed E-state index contributed by atoms with van der Waals surface area (Å²) in [5.74, 6) is -1.16. The largest absolute Gasteiger partial charge is 0.354 e. The van der Waals surface area contributed by atoms with Gasteiger partial charge in [0.25, 0.3) is 10.0 Å². The third-order valence-electron chi connectivity index (χ3n) is 6.40. The Labute approximate surface area is 230 Å². The fraction of sp³-hybridized carbons (Fsp3) is 0.333. The molecule has 0 fully saturated rings. The number of hydrogen-bond donors (Lipinski definition) is 1. The van der Waals surface area contributed by atoms with E-state index in [1.54, 1.807) is 18.2 Å². The third-order valence-corrected chi connectivity index (χ3v) is 8.19. The minimum absolute atomic E-state index is 0.00528. The van der Waals surface area contributed by atoms with Gasteiger partial charge in [-0.2, -0.15) is 0 Å². The lowest BCUT2D eigenvalue weighted by Gasteiger charge is -2.33. The fourth-order valence-corrected chi connectivity index (χ4v) is 5.60. The first-order chi connectivity index (χ1) is 18.5. The molecule has 39 heavy (non-hydrogen) atoms. The first-order valence-corrected chi connectivity index (χ1v) is 14.4. The van der Waals surface area contributed by atoms with Crippen LogP contribution in [0.1, 0.15) is 38.3 Å². The van der Waals surface area contributed by atoms with Gasteiger partial charge in [0.1, 0.15) is 18.4 Å². The first kappa shape index (κ1) is 29.8. The van der Waals surface area contributed by atoms with Crippen LogP contribution in [0.4, 0.5) is 10.1 Å². The van der Waals surface area contributed by atoms with E-state index in [9.17, 15) is 22.4 Å². The van der Waals surface area contributed by atoms with Gasteiger partial charge in [0, 0.05) is 13.1 Å². The van der Waals surface area contributed by atoms with Crippen molar-refractivity contribution >= 4 is 27.5 Å². The molecule has 7 nitrogen and oxygen atoms in total. The lowest BCUT2D eigenvalue weighted by molar-refractivity contribution is -0.140. The highest BCUT2D eigenvalue weighted by molar-refractivity contribution is 7.92. The van der Waals surface area contributed by atoms with E-state index >= 15 is 0 Å². The van der Waals surface area contributed by atoms with Crippen molar-refractivity contribution in [3.63, 3.8) is 0 Å². The van der Waals surface area contributed by atoms with Crippen LogP contribution in [0.5, 0.6) is 0 Å². The van der Waals surface area contributed by atoms with Crippen molar-refractivity contribution in [1.82, 2.24) is 10.2 Å². The molecule has 0 saturated heterocycles. The molecule has 0 bridgehead atoms. The molecule has 0 aliphatic rings. The van der Waals surface area contributed by atoms with Gasteiger partial charge in [0.05, 0.1) is 10.6 Å². The number of nitrogens with zero attached hydrogens (tertiary/aromatic N) is 2. The maximum absolute atomic E-state index is 14.0. The fourth-order valence-electron chi connectivity index (χ4n) is 4.17. The van der Waals surface area contributed by atoms with Gasteiger partial charge in [-0.1, -0.05) is 63.2 Å². The molecule has 3 rings (SSSR count). The molecule has 0 aromatic heterocycles. The predicted octanol–water partition coefficient (Wildman–Crippen LogP) is 4.91. The third kappa shape index (κ3) is 7.66. The number of aryl methyl sites for hydroxylation is 1. The van der Waals surface area contributed by atoms with Crippen LogP contribution in [0.25, 0.3) is 0 Å². The summed E-state index contributed by atoms with van der Waals surface area (Å²) in [7, 11) is -4.19. The van der Waals surface area contributed by atoms with Crippen LogP contribution in [0.15, 0.2) is 83.8 Å². The van der Waals surface area contributed by atoms with Crippen molar-refractivity contribution in [3.05, 3.63) is 95.8 Å². The minimum Gasteiger partial charge on any atom is -0.354 e. The Morgan fingerprint density at radius 1 is 0.923 bits per heavy atom. The van der Waals surface area contributed by atoms with Crippen LogP contribution < -0.4 is 9.62 Å². The zero-order valence-electron chi connectivity index (χ0n) is 22.8. The van der Waals surface area contributed by atoms with Crippen LogP contribution in [-0.4, -0.2) is 44.3 Å². The van der Waals surface area contributed by atoms with Crippen molar-refractivity contribution < 1.29 is 22.4 Å². The second-order valence-electron chi connectivity index (χ2n) is 9.81. The molecular formula is C30H36FN3O4S. The van der Waals surface area contributed by atoms with Crippen molar-refractivity contribution in [2.45, 2.75) is 51.6 Å². The molecule has 3 aromatic rings. The predicted molar refractivity (Wildman–Crippen MR) is 151 cm³/mol.